The Bertz CT molecular complexity index is 618. The van der Waals surface area contributed by atoms with Gasteiger partial charge >= 0.3 is 0 Å². The SMILES string of the molecule is CC(C)CCCC(C)C1CCC2C3C(CC[C@]12C)[C@@]1(C)CCC(O)CC1CC3(F)F. The summed E-state index contributed by atoms with van der Waals surface area (Å²) in [4.78, 5) is 0. The average Bonchev–Trinajstić information content (AvgIpc) is 2.99. The van der Waals surface area contributed by atoms with Gasteiger partial charge in [0.25, 0.3) is 5.92 Å². The molecule has 1 nitrogen and oxygen atoms in total. The van der Waals surface area contributed by atoms with Gasteiger partial charge in [-0.1, -0.05) is 53.9 Å². The van der Waals surface area contributed by atoms with Gasteiger partial charge in [-0.2, -0.15) is 0 Å². The molecule has 0 spiro atoms. The first-order chi connectivity index (χ1) is 14.0. The van der Waals surface area contributed by atoms with Crippen LogP contribution in [0.25, 0.3) is 0 Å². The second kappa shape index (κ2) is 7.99. The van der Waals surface area contributed by atoms with E-state index in [1.54, 1.807) is 0 Å². The van der Waals surface area contributed by atoms with Crippen molar-refractivity contribution in [3.63, 3.8) is 0 Å². The van der Waals surface area contributed by atoms with E-state index in [0.29, 0.717) is 18.3 Å². The molecule has 1 N–H and O–H groups in total. The van der Waals surface area contributed by atoms with Crippen LogP contribution in [-0.4, -0.2) is 17.1 Å². The molecule has 4 aliphatic carbocycles. The van der Waals surface area contributed by atoms with Gasteiger partial charge in [-0.3, -0.25) is 0 Å². The van der Waals surface area contributed by atoms with Gasteiger partial charge < -0.3 is 5.11 Å². The summed E-state index contributed by atoms with van der Waals surface area (Å²) in [5.41, 5.74) is 0.104. The fourth-order valence-corrected chi connectivity index (χ4v) is 9.16. The molecule has 7 unspecified atom stereocenters. The van der Waals surface area contributed by atoms with E-state index in [0.717, 1.165) is 44.4 Å². The van der Waals surface area contributed by atoms with E-state index >= 15 is 8.78 Å². The Balaban J connectivity index is 1.55. The Hall–Kier alpha value is -0.180. The van der Waals surface area contributed by atoms with Crippen molar-refractivity contribution in [2.24, 2.45) is 52.3 Å². The van der Waals surface area contributed by atoms with Crippen molar-refractivity contribution in [1.82, 2.24) is 0 Å². The molecule has 0 aromatic rings. The highest BCUT2D eigenvalue weighted by Crippen LogP contribution is 2.71. The molecular weight excluding hydrogens is 378 g/mol. The zero-order valence-corrected chi connectivity index (χ0v) is 20.1. The molecule has 0 aliphatic heterocycles. The zero-order valence-electron chi connectivity index (χ0n) is 20.1. The van der Waals surface area contributed by atoms with Gasteiger partial charge in [0.2, 0.25) is 0 Å². The van der Waals surface area contributed by atoms with Crippen LogP contribution in [0.15, 0.2) is 0 Å². The number of aliphatic hydroxyl groups is 1. The predicted molar refractivity (Wildman–Crippen MR) is 119 cm³/mol. The first-order valence-corrected chi connectivity index (χ1v) is 13.0. The van der Waals surface area contributed by atoms with E-state index in [-0.39, 0.29) is 41.1 Å². The fourth-order valence-electron chi connectivity index (χ4n) is 9.16. The second-order valence-corrected chi connectivity index (χ2v) is 12.9. The van der Waals surface area contributed by atoms with Crippen LogP contribution >= 0.6 is 0 Å². The Morgan fingerprint density at radius 1 is 0.900 bits per heavy atom. The van der Waals surface area contributed by atoms with Crippen molar-refractivity contribution in [1.29, 1.82) is 0 Å². The lowest BCUT2D eigenvalue weighted by Gasteiger charge is -2.63. The van der Waals surface area contributed by atoms with Crippen LogP contribution in [0.5, 0.6) is 0 Å². The third kappa shape index (κ3) is 3.67. The van der Waals surface area contributed by atoms with Gasteiger partial charge in [-0.15, -0.1) is 0 Å². The van der Waals surface area contributed by atoms with Crippen LogP contribution in [0.3, 0.4) is 0 Å². The molecule has 4 saturated carbocycles. The number of rotatable bonds is 5. The minimum Gasteiger partial charge on any atom is -0.393 e. The van der Waals surface area contributed by atoms with E-state index in [1.807, 2.05) is 0 Å². The molecule has 0 aromatic carbocycles. The van der Waals surface area contributed by atoms with E-state index in [2.05, 4.69) is 34.6 Å². The summed E-state index contributed by atoms with van der Waals surface area (Å²) in [5, 5.41) is 10.2. The van der Waals surface area contributed by atoms with Gasteiger partial charge in [-0.25, -0.2) is 8.78 Å². The summed E-state index contributed by atoms with van der Waals surface area (Å²) in [7, 11) is 0. The van der Waals surface area contributed by atoms with Crippen LogP contribution in [-0.2, 0) is 0 Å². The first-order valence-electron chi connectivity index (χ1n) is 13.0. The van der Waals surface area contributed by atoms with Crippen LogP contribution in [0.2, 0.25) is 0 Å². The van der Waals surface area contributed by atoms with Crippen LogP contribution in [0.4, 0.5) is 8.78 Å². The highest BCUT2D eigenvalue weighted by Gasteiger charge is 2.68. The molecule has 174 valence electrons. The lowest BCUT2D eigenvalue weighted by atomic mass is 9.43. The Morgan fingerprint density at radius 3 is 2.27 bits per heavy atom. The molecule has 9 atom stereocenters. The lowest BCUT2D eigenvalue weighted by Crippen LogP contribution is -2.61. The van der Waals surface area contributed by atoms with Crippen LogP contribution in [0, 0.1) is 52.3 Å². The number of aliphatic hydroxyl groups excluding tert-OH is 1. The topological polar surface area (TPSA) is 20.2 Å². The maximum atomic E-state index is 15.8. The predicted octanol–water partition coefficient (Wildman–Crippen LogP) is 7.71. The fraction of sp³-hybridized carbons (Fsp3) is 1.00. The molecule has 0 radical (unpaired) electrons. The van der Waals surface area contributed by atoms with Crippen LogP contribution in [0.1, 0.15) is 105 Å². The molecule has 0 aromatic heterocycles. The van der Waals surface area contributed by atoms with Crippen molar-refractivity contribution < 1.29 is 13.9 Å². The Labute approximate surface area is 183 Å². The highest BCUT2D eigenvalue weighted by molar-refractivity contribution is 5.13. The van der Waals surface area contributed by atoms with E-state index in [4.69, 9.17) is 0 Å². The largest absolute Gasteiger partial charge is 0.393 e. The molecule has 0 bridgehead atoms. The standard InChI is InChI=1S/C27H46F2O/c1-17(2)7-6-8-18(3)21-9-10-22-24-23(12-14-26(21,22)5)25(4)13-11-20(30)15-19(25)16-27(24,28)29/h17-24,30H,6-16H2,1-5H3/t18?,19?,20?,21?,22?,23?,24?,25-,26+/m0/s1. The van der Waals surface area contributed by atoms with Gasteiger partial charge in [0.1, 0.15) is 0 Å². The maximum Gasteiger partial charge on any atom is 0.251 e. The van der Waals surface area contributed by atoms with Crippen molar-refractivity contribution in [3.05, 3.63) is 0 Å². The molecular formula is C27H46F2O. The molecule has 3 heteroatoms. The normalized spacial score (nSPS) is 48.7. The van der Waals surface area contributed by atoms with Crippen LogP contribution < -0.4 is 0 Å². The smallest absolute Gasteiger partial charge is 0.251 e. The third-order valence-corrected chi connectivity index (χ3v) is 10.8. The quantitative estimate of drug-likeness (QED) is 0.479. The average molecular weight is 425 g/mol. The monoisotopic (exact) mass is 424 g/mol. The Kier molecular flexibility index (Phi) is 6.13. The zero-order chi connectivity index (χ0) is 21.9. The van der Waals surface area contributed by atoms with Crippen molar-refractivity contribution in [2.45, 2.75) is 117 Å². The molecule has 4 fully saturated rings. The highest BCUT2D eigenvalue weighted by atomic mass is 19.3. The number of alkyl halides is 2. The lowest BCUT2D eigenvalue weighted by molar-refractivity contribution is -0.238. The Morgan fingerprint density at radius 2 is 1.57 bits per heavy atom. The summed E-state index contributed by atoms with van der Waals surface area (Å²) < 4.78 is 31.5. The van der Waals surface area contributed by atoms with Crippen molar-refractivity contribution in [2.75, 3.05) is 0 Å². The van der Waals surface area contributed by atoms with Gasteiger partial charge in [0.05, 0.1) is 6.10 Å². The van der Waals surface area contributed by atoms with Crippen molar-refractivity contribution >= 4 is 0 Å². The maximum absolute atomic E-state index is 15.8. The summed E-state index contributed by atoms with van der Waals surface area (Å²) >= 11 is 0. The summed E-state index contributed by atoms with van der Waals surface area (Å²) in [6, 6.07) is 0. The minimum absolute atomic E-state index is 0.00554. The summed E-state index contributed by atoms with van der Waals surface area (Å²) in [5.74, 6) is -0.641. The number of hydrogen-bond acceptors (Lipinski definition) is 1. The van der Waals surface area contributed by atoms with E-state index in [9.17, 15) is 5.11 Å². The molecule has 0 heterocycles. The molecule has 4 aliphatic rings. The summed E-state index contributed by atoms with van der Waals surface area (Å²) in [6.07, 6.45) is 10.1. The van der Waals surface area contributed by atoms with E-state index in [1.165, 1.54) is 19.3 Å². The first kappa shape index (κ1) is 23.0. The molecule has 0 saturated heterocycles. The molecule has 30 heavy (non-hydrogen) atoms. The molecule has 0 amide bonds. The second-order valence-electron chi connectivity index (χ2n) is 12.9. The van der Waals surface area contributed by atoms with E-state index < -0.39 is 11.8 Å². The number of halogens is 2. The van der Waals surface area contributed by atoms with Crippen molar-refractivity contribution in [3.8, 4) is 0 Å². The minimum atomic E-state index is -2.56. The van der Waals surface area contributed by atoms with Gasteiger partial charge in [0, 0.05) is 12.3 Å². The number of hydrogen-bond donors (Lipinski definition) is 1. The third-order valence-electron chi connectivity index (χ3n) is 10.8. The number of fused-ring (bicyclic) bond motifs is 5. The molecule has 4 rings (SSSR count). The summed E-state index contributed by atoms with van der Waals surface area (Å²) in [6.45, 7) is 11.7. The van der Waals surface area contributed by atoms with Gasteiger partial charge in [-0.05, 0) is 91.3 Å². The van der Waals surface area contributed by atoms with Gasteiger partial charge in [0.15, 0.2) is 0 Å².